The van der Waals surface area contributed by atoms with Gasteiger partial charge < -0.3 is 10.2 Å². The maximum absolute atomic E-state index is 12.5. The van der Waals surface area contributed by atoms with Crippen LogP contribution < -0.4 is 10.0 Å². The maximum Gasteiger partial charge on any atom is 0.240 e. The summed E-state index contributed by atoms with van der Waals surface area (Å²) in [6, 6.07) is 5.26. The summed E-state index contributed by atoms with van der Waals surface area (Å²) < 4.78 is 27.6. The molecule has 6 nitrogen and oxygen atoms in total. The van der Waals surface area contributed by atoms with Crippen molar-refractivity contribution in [2.45, 2.75) is 45.1 Å². The molecule has 1 aromatic carbocycles. The molecule has 0 heterocycles. The highest BCUT2D eigenvalue weighted by molar-refractivity contribution is 7.89. The zero-order valence-electron chi connectivity index (χ0n) is 14.5. The van der Waals surface area contributed by atoms with Crippen LogP contribution in [0, 0.1) is 6.92 Å². The second-order valence-electron chi connectivity index (χ2n) is 5.80. The zero-order chi connectivity index (χ0) is 17.6. The lowest BCUT2D eigenvalue weighted by atomic mass is 10.2. The molecule has 1 amide bonds. The van der Waals surface area contributed by atoms with Crippen molar-refractivity contribution in [1.82, 2.24) is 9.62 Å². The zero-order valence-corrected chi connectivity index (χ0v) is 15.3. The minimum absolute atomic E-state index is 0.190. The van der Waals surface area contributed by atoms with Crippen LogP contribution in [-0.4, -0.2) is 45.4 Å². The standard InChI is InChI=1S/C16H27N3O3S/c1-6-13(3)19(5)10-9-17-23(21,22)16-11-15(18-14(4)20)8-7-12(16)2/h7-8,11,13,17H,6,9-10H2,1-5H3,(H,18,20)/t13-/m0/s1. The van der Waals surface area contributed by atoms with Crippen LogP contribution >= 0.6 is 0 Å². The lowest BCUT2D eigenvalue weighted by Crippen LogP contribution is -2.37. The second-order valence-corrected chi connectivity index (χ2v) is 7.53. The molecule has 0 saturated carbocycles. The Morgan fingerprint density at radius 1 is 1.35 bits per heavy atom. The summed E-state index contributed by atoms with van der Waals surface area (Å²) in [4.78, 5) is 13.4. The van der Waals surface area contributed by atoms with Crippen LogP contribution in [0.2, 0.25) is 0 Å². The van der Waals surface area contributed by atoms with Gasteiger partial charge in [-0.25, -0.2) is 13.1 Å². The van der Waals surface area contributed by atoms with Crippen molar-refractivity contribution in [2.24, 2.45) is 0 Å². The van der Waals surface area contributed by atoms with Gasteiger partial charge in [-0.2, -0.15) is 0 Å². The van der Waals surface area contributed by atoms with Crippen LogP contribution in [0.1, 0.15) is 32.8 Å². The van der Waals surface area contributed by atoms with E-state index in [0.29, 0.717) is 30.4 Å². The van der Waals surface area contributed by atoms with Gasteiger partial charge in [0, 0.05) is 31.7 Å². The molecule has 23 heavy (non-hydrogen) atoms. The lowest BCUT2D eigenvalue weighted by Gasteiger charge is -2.23. The van der Waals surface area contributed by atoms with Gasteiger partial charge in [0.25, 0.3) is 0 Å². The van der Waals surface area contributed by atoms with Gasteiger partial charge in [0.2, 0.25) is 15.9 Å². The summed E-state index contributed by atoms with van der Waals surface area (Å²) in [6.45, 7) is 8.30. The molecule has 0 spiro atoms. The van der Waals surface area contributed by atoms with Crippen molar-refractivity contribution in [3.05, 3.63) is 23.8 Å². The summed E-state index contributed by atoms with van der Waals surface area (Å²) in [5.74, 6) is -0.236. The minimum atomic E-state index is -3.61. The summed E-state index contributed by atoms with van der Waals surface area (Å²) >= 11 is 0. The Labute approximate surface area is 139 Å². The number of benzene rings is 1. The molecule has 0 aliphatic heterocycles. The van der Waals surface area contributed by atoms with Gasteiger partial charge in [0.1, 0.15) is 0 Å². The van der Waals surface area contributed by atoms with E-state index in [1.165, 1.54) is 13.0 Å². The number of nitrogens with zero attached hydrogens (tertiary/aromatic N) is 1. The first-order chi connectivity index (χ1) is 10.7. The van der Waals surface area contributed by atoms with Crippen LogP contribution in [0.5, 0.6) is 0 Å². The Balaban J connectivity index is 2.81. The SMILES string of the molecule is CC[C@H](C)N(C)CCNS(=O)(=O)c1cc(NC(C)=O)ccc1C. The number of likely N-dealkylation sites (N-methyl/N-ethyl adjacent to an activating group) is 1. The molecule has 1 rings (SSSR count). The fourth-order valence-electron chi connectivity index (χ4n) is 2.14. The van der Waals surface area contributed by atoms with Gasteiger partial charge in [-0.3, -0.25) is 4.79 Å². The molecule has 130 valence electrons. The molecule has 1 atom stereocenters. The fraction of sp³-hybridized carbons (Fsp3) is 0.562. The highest BCUT2D eigenvalue weighted by Crippen LogP contribution is 2.20. The molecule has 0 saturated heterocycles. The molecular weight excluding hydrogens is 314 g/mol. The smallest absolute Gasteiger partial charge is 0.240 e. The molecule has 2 N–H and O–H groups in total. The molecule has 0 fully saturated rings. The summed E-state index contributed by atoms with van der Waals surface area (Å²) in [5, 5.41) is 2.60. The van der Waals surface area contributed by atoms with Gasteiger partial charge in [-0.1, -0.05) is 13.0 Å². The van der Waals surface area contributed by atoms with Gasteiger partial charge in [0.15, 0.2) is 0 Å². The summed E-state index contributed by atoms with van der Waals surface area (Å²) in [7, 11) is -1.63. The van der Waals surface area contributed by atoms with E-state index < -0.39 is 10.0 Å². The van der Waals surface area contributed by atoms with Gasteiger partial charge in [-0.15, -0.1) is 0 Å². The topological polar surface area (TPSA) is 78.5 Å². The summed E-state index contributed by atoms with van der Waals surface area (Å²) in [5.41, 5.74) is 1.11. The van der Waals surface area contributed by atoms with Crippen molar-refractivity contribution in [3.63, 3.8) is 0 Å². The highest BCUT2D eigenvalue weighted by atomic mass is 32.2. The molecular formula is C16H27N3O3S. The average Bonchev–Trinajstić information content (AvgIpc) is 2.47. The lowest BCUT2D eigenvalue weighted by molar-refractivity contribution is -0.114. The largest absolute Gasteiger partial charge is 0.326 e. The first-order valence-corrected chi connectivity index (χ1v) is 9.23. The first kappa shape index (κ1) is 19.6. The van der Waals surface area contributed by atoms with E-state index in [1.807, 2.05) is 7.05 Å². The van der Waals surface area contributed by atoms with E-state index in [4.69, 9.17) is 0 Å². The summed E-state index contributed by atoms with van der Waals surface area (Å²) in [6.07, 6.45) is 1.01. The number of nitrogens with one attached hydrogen (secondary N) is 2. The van der Waals surface area contributed by atoms with Gasteiger partial charge in [0.05, 0.1) is 4.90 Å². The predicted molar refractivity (Wildman–Crippen MR) is 93.1 cm³/mol. The van der Waals surface area contributed by atoms with Crippen LogP contribution in [0.3, 0.4) is 0 Å². The van der Waals surface area contributed by atoms with E-state index in [-0.39, 0.29) is 10.8 Å². The number of amides is 1. The number of hydrogen-bond donors (Lipinski definition) is 2. The molecule has 0 aromatic heterocycles. The van der Waals surface area contributed by atoms with Crippen LogP contribution in [0.4, 0.5) is 5.69 Å². The number of anilines is 1. The van der Waals surface area contributed by atoms with Crippen molar-refractivity contribution in [3.8, 4) is 0 Å². The predicted octanol–water partition coefficient (Wildman–Crippen LogP) is 1.96. The van der Waals surface area contributed by atoms with E-state index in [1.54, 1.807) is 19.1 Å². The Kier molecular flexibility index (Phi) is 7.18. The second kappa shape index (κ2) is 8.42. The number of aryl methyl sites for hydroxylation is 1. The van der Waals surface area contributed by atoms with Gasteiger partial charge >= 0.3 is 0 Å². The number of carbonyl (C=O) groups excluding carboxylic acids is 1. The maximum atomic E-state index is 12.5. The number of rotatable bonds is 8. The molecule has 1 aromatic rings. The number of carbonyl (C=O) groups is 1. The Bertz CT molecular complexity index is 644. The van der Waals surface area contributed by atoms with E-state index in [2.05, 4.69) is 28.8 Å². The monoisotopic (exact) mass is 341 g/mol. The highest BCUT2D eigenvalue weighted by Gasteiger charge is 2.18. The third kappa shape index (κ3) is 5.93. The van der Waals surface area contributed by atoms with Crippen molar-refractivity contribution < 1.29 is 13.2 Å². The molecule has 0 aliphatic rings. The first-order valence-electron chi connectivity index (χ1n) is 7.75. The van der Waals surface area contributed by atoms with E-state index >= 15 is 0 Å². The van der Waals surface area contributed by atoms with Crippen LogP contribution in [0.25, 0.3) is 0 Å². The Morgan fingerprint density at radius 3 is 2.57 bits per heavy atom. The van der Waals surface area contributed by atoms with Crippen molar-refractivity contribution >= 4 is 21.6 Å². The normalized spacial score (nSPS) is 13.1. The van der Waals surface area contributed by atoms with Crippen LogP contribution in [0.15, 0.2) is 23.1 Å². The number of sulfonamides is 1. The minimum Gasteiger partial charge on any atom is -0.326 e. The van der Waals surface area contributed by atoms with Gasteiger partial charge in [-0.05, 0) is 45.0 Å². The molecule has 0 radical (unpaired) electrons. The fourth-order valence-corrected chi connectivity index (χ4v) is 3.43. The Hall–Kier alpha value is -1.44. The molecule has 0 unspecified atom stereocenters. The molecule has 7 heteroatoms. The van der Waals surface area contributed by atoms with Crippen molar-refractivity contribution in [1.29, 1.82) is 0 Å². The van der Waals surface area contributed by atoms with Crippen molar-refractivity contribution in [2.75, 3.05) is 25.5 Å². The molecule has 0 aliphatic carbocycles. The van der Waals surface area contributed by atoms with E-state index in [0.717, 1.165) is 6.42 Å². The van der Waals surface area contributed by atoms with Crippen LogP contribution in [-0.2, 0) is 14.8 Å². The average molecular weight is 341 g/mol. The third-order valence-corrected chi connectivity index (χ3v) is 5.50. The quantitative estimate of drug-likeness (QED) is 0.758. The van der Waals surface area contributed by atoms with E-state index in [9.17, 15) is 13.2 Å². The third-order valence-electron chi connectivity index (χ3n) is 3.90. The Morgan fingerprint density at radius 2 is 2.00 bits per heavy atom. The molecule has 0 bridgehead atoms. The number of hydrogen-bond acceptors (Lipinski definition) is 4.